The molecule has 0 aliphatic carbocycles. The lowest BCUT2D eigenvalue weighted by Gasteiger charge is -2.11. The van der Waals surface area contributed by atoms with Crippen molar-refractivity contribution in [1.29, 1.82) is 0 Å². The minimum absolute atomic E-state index is 0. The Balaban J connectivity index is 0.00000264. The van der Waals surface area contributed by atoms with Crippen LogP contribution in [0.4, 0.5) is 0 Å². The quantitative estimate of drug-likeness (QED) is 0.673. The third kappa shape index (κ3) is 6.52. The van der Waals surface area contributed by atoms with Crippen molar-refractivity contribution < 1.29 is 14.3 Å². The van der Waals surface area contributed by atoms with E-state index >= 15 is 0 Å². The van der Waals surface area contributed by atoms with Crippen LogP contribution in [0.3, 0.4) is 0 Å². The SMILES string of the molecule is COc1cc(C(=O)NCCCN)ccc1OCc1cscn1.Cl.Cl. The maximum absolute atomic E-state index is 12.0. The number of thiazole rings is 1. The first-order valence-corrected chi connectivity index (χ1v) is 7.85. The van der Waals surface area contributed by atoms with Gasteiger partial charge in [-0.1, -0.05) is 0 Å². The van der Waals surface area contributed by atoms with Crippen molar-refractivity contribution in [1.82, 2.24) is 10.3 Å². The van der Waals surface area contributed by atoms with Crippen LogP contribution in [0.5, 0.6) is 11.5 Å². The zero-order valence-electron chi connectivity index (χ0n) is 13.2. The van der Waals surface area contributed by atoms with Crippen LogP contribution < -0.4 is 20.5 Å². The summed E-state index contributed by atoms with van der Waals surface area (Å²) in [6.07, 6.45) is 0.748. The first-order valence-electron chi connectivity index (χ1n) is 6.90. The standard InChI is InChI=1S/C15H19N3O3S.2ClH/c1-20-14-7-11(15(19)17-6-2-5-16)3-4-13(14)21-8-12-9-22-10-18-12;;/h3-4,7,9-10H,2,5-6,8,16H2,1H3,(H,17,19);2*1H. The summed E-state index contributed by atoms with van der Waals surface area (Å²) >= 11 is 1.52. The number of ether oxygens (including phenoxy) is 2. The number of nitrogens with two attached hydrogens (primary N) is 1. The molecule has 134 valence electrons. The van der Waals surface area contributed by atoms with Crippen LogP contribution in [0.25, 0.3) is 0 Å². The van der Waals surface area contributed by atoms with Crippen molar-refractivity contribution in [3.05, 3.63) is 40.3 Å². The summed E-state index contributed by atoms with van der Waals surface area (Å²) in [5.41, 5.74) is 8.54. The zero-order valence-corrected chi connectivity index (χ0v) is 15.6. The summed E-state index contributed by atoms with van der Waals surface area (Å²) in [7, 11) is 1.54. The van der Waals surface area contributed by atoms with Crippen molar-refractivity contribution in [2.24, 2.45) is 5.73 Å². The summed E-state index contributed by atoms with van der Waals surface area (Å²) in [6.45, 7) is 1.47. The maximum atomic E-state index is 12.0. The molecule has 2 aromatic rings. The Morgan fingerprint density at radius 1 is 1.33 bits per heavy atom. The lowest BCUT2D eigenvalue weighted by molar-refractivity contribution is 0.0953. The Hall–Kier alpha value is -1.54. The number of aromatic nitrogens is 1. The van der Waals surface area contributed by atoms with Crippen LogP contribution >= 0.6 is 36.2 Å². The Kier molecular flexibility index (Phi) is 11.1. The van der Waals surface area contributed by atoms with Gasteiger partial charge < -0.3 is 20.5 Å². The molecule has 0 aliphatic rings. The largest absolute Gasteiger partial charge is 0.493 e. The normalized spacial score (nSPS) is 9.42. The fourth-order valence-electron chi connectivity index (χ4n) is 1.79. The molecule has 0 radical (unpaired) electrons. The van der Waals surface area contributed by atoms with E-state index in [0.717, 1.165) is 12.1 Å². The molecule has 9 heteroatoms. The molecule has 0 fully saturated rings. The Bertz CT molecular complexity index is 612. The highest BCUT2D eigenvalue weighted by molar-refractivity contribution is 7.07. The molecule has 24 heavy (non-hydrogen) atoms. The third-order valence-electron chi connectivity index (χ3n) is 2.95. The minimum atomic E-state index is -0.155. The topological polar surface area (TPSA) is 86.5 Å². The molecule has 0 unspecified atom stereocenters. The van der Waals surface area contributed by atoms with Crippen LogP contribution in [-0.4, -0.2) is 31.1 Å². The number of halogens is 2. The van der Waals surface area contributed by atoms with E-state index in [0.29, 0.717) is 36.8 Å². The second kappa shape index (κ2) is 11.9. The smallest absolute Gasteiger partial charge is 0.251 e. The summed E-state index contributed by atoms with van der Waals surface area (Å²) in [4.78, 5) is 16.1. The second-order valence-corrected chi connectivity index (χ2v) is 5.25. The van der Waals surface area contributed by atoms with Gasteiger partial charge in [0.2, 0.25) is 0 Å². The molecule has 2 rings (SSSR count). The van der Waals surface area contributed by atoms with Gasteiger partial charge in [0, 0.05) is 17.5 Å². The van der Waals surface area contributed by atoms with E-state index < -0.39 is 0 Å². The van der Waals surface area contributed by atoms with Gasteiger partial charge in [0.15, 0.2) is 11.5 Å². The molecule has 1 amide bonds. The van der Waals surface area contributed by atoms with Gasteiger partial charge in [0.05, 0.1) is 18.3 Å². The van der Waals surface area contributed by atoms with Crippen molar-refractivity contribution in [3.8, 4) is 11.5 Å². The lowest BCUT2D eigenvalue weighted by Crippen LogP contribution is -2.25. The molecular weight excluding hydrogens is 373 g/mol. The zero-order chi connectivity index (χ0) is 15.8. The molecule has 1 aromatic carbocycles. The monoisotopic (exact) mass is 393 g/mol. The number of hydrogen-bond donors (Lipinski definition) is 2. The number of carbonyl (C=O) groups excluding carboxylic acids is 1. The molecule has 3 N–H and O–H groups in total. The number of rotatable bonds is 8. The van der Waals surface area contributed by atoms with Crippen LogP contribution in [0.2, 0.25) is 0 Å². The van der Waals surface area contributed by atoms with E-state index in [4.69, 9.17) is 15.2 Å². The van der Waals surface area contributed by atoms with Gasteiger partial charge in [-0.2, -0.15) is 0 Å². The van der Waals surface area contributed by atoms with Gasteiger partial charge >= 0.3 is 0 Å². The highest BCUT2D eigenvalue weighted by Gasteiger charge is 2.11. The molecule has 0 bridgehead atoms. The number of benzene rings is 1. The minimum Gasteiger partial charge on any atom is -0.493 e. The third-order valence-corrected chi connectivity index (χ3v) is 3.59. The lowest BCUT2D eigenvalue weighted by atomic mass is 10.2. The van der Waals surface area contributed by atoms with Gasteiger partial charge in [0.25, 0.3) is 5.91 Å². The molecule has 0 saturated heterocycles. The summed E-state index contributed by atoms with van der Waals surface area (Å²) in [5, 5.41) is 4.72. The predicted octanol–water partition coefficient (Wildman–Crippen LogP) is 2.65. The van der Waals surface area contributed by atoms with E-state index in [2.05, 4.69) is 10.3 Å². The van der Waals surface area contributed by atoms with Crippen LogP contribution in [0.1, 0.15) is 22.5 Å². The van der Waals surface area contributed by atoms with E-state index in [1.807, 2.05) is 5.38 Å². The molecule has 0 atom stereocenters. The van der Waals surface area contributed by atoms with Crippen molar-refractivity contribution in [2.45, 2.75) is 13.0 Å². The highest BCUT2D eigenvalue weighted by Crippen LogP contribution is 2.28. The number of nitrogens with zero attached hydrogens (tertiary/aromatic N) is 1. The second-order valence-electron chi connectivity index (χ2n) is 4.53. The average Bonchev–Trinajstić information content (AvgIpc) is 3.06. The highest BCUT2D eigenvalue weighted by atomic mass is 35.5. The molecule has 6 nitrogen and oxygen atoms in total. The van der Waals surface area contributed by atoms with Crippen molar-refractivity contribution in [3.63, 3.8) is 0 Å². The van der Waals surface area contributed by atoms with Gasteiger partial charge in [-0.15, -0.1) is 36.2 Å². The fourth-order valence-corrected chi connectivity index (χ4v) is 2.34. The number of nitrogens with one attached hydrogen (secondary N) is 1. The Labute approximate surface area is 157 Å². The summed E-state index contributed by atoms with van der Waals surface area (Å²) in [5.74, 6) is 0.938. The molecule has 1 heterocycles. The maximum Gasteiger partial charge on any atom is 0.251 e. The molecule has 0 spiro atoms. The fraction of sp³-hybridized carbons (Fsp3) is 0.333. The molecule has 0 aliphatic heterocycles. The summed E-state index contributed by atoms with van der Waals surface area (Å²) < 4.78 is 11.0. The molecular formula is C15H21Cl2N3O3S. The van der Waals surface area contributed by atoms with Gasteiger partial charge in [0.1, 0.15) is 6.61 Å². The average molecular weight is 394 g/mol. The predicted molar refractivity (Wildman–Crippen MR) is 99.9 cm³/mol. The van der Waals surface area contributed by atoms with Crippen LogP contribution in [0, 0.1) is 0 Å². The Morgan fingerprint density at radius 3 is 2.75 bits per heavy atom. The first kappa shape index (κ1) is 22.5. The Morgan fingerprint density at radius 2 is 2.12 bits per heavy atom. The molecule has 1 aromatic heterocycles. The number of amides is 1. The number of hydrogen-bond acceptors (Lipinski definition) is 6. The van der Waals surface area contributed by atoms with Gasteiger partial charge in [-0.05, 0) is 31.2 Å². The first-order chi connectivity index (χ1) is 10.7. The van der Waals surface area contributed by atoms with E-state index in [1.165, 1.54) is 11.3 Å². The van der Waals surface area contributed by atoms with E-state index in [9.17, 15) is 4.79 Å². The summed E-state index contributed by atoms with van der Waals surface area (Å²) in [6, 6.07) is 5.09. The number of methoxy groups -OCH3 is 1. The van der Waals surface area contributed by atoms with Gasteiger partial charge in [-0.3, -0.25) is 4.79 Å². The van der Waals surface area contributed by atoms with E-state index in [-0.39, 0.29) is 30.7 Å². The number of carbonyl (C=O) groups is 1. The van der Waals surface area contributed by atoms with Crippen LogP contribution in [0.15, 0.2) is 29.1 Å². The van der Waals surface area contributed by atoms with Gasteiger partial charge in [-0.25, -0.2) is 4.98 Å². The van der Waals surface area contributed by atoms with Crippen molar-refractivity contribution in [2.75, 3.05) is 20.2 Å². The molecule has 0 saturated carbocycles. The van der Waals surface area contributed by atoms with Crippen LogP contribution in [-0.2, 0) is 6.61 Å². The van der Waals surface area contributed by atoms with E-state index in [1.54, 1.807) is 30.8 Å². The van der Waals surface area contributed by atoms with Crippen molar-refractivity contribution >= 4 is 42.1 Å².